The van der Waals surface area contributed by atoms with Gasteiger partial charge in [-0.25, -0.2) is 4.79 Å². The summed E-state index contributed by atoms with van der Waals surface area (Å²) < 4.78 is 10.3. The fraction of sp³-hybridized carbons (Fsp3) is 0.438. The maximum atomic E-state index is 12.0. The van der Waals surface area contributed by atoms with E-state index in [4.69, 9.17) is 9.47 Å². The van der Waals surface area contributed by atoms with E-state index < -0.39 is 6.04 Å². The van der Waals surface area contributed by atoms with Crippen LogP contribution in [-0.4, -0.2) is 42.8 Å². The molecule has 1 aromatic carbocycles. The van der Waals surface area contributed by atoms with Gasteiger partial charge in [0, 0.05) is 17.5 Å². The number of carbonyl (C=O) groups is 3. The second-order valence-corrected chi connectivity index (χ2v) is 5.02. The van der Waals surface area contributed by atoms with Crippen LogP contribution in [0.1, 0.15) is 35.7 Å². The summed E-state index contributed by atoms with van der Waals surface area (Å²) in [6.45, 7) is 2.28. The van der Waals surface area contributed by atoms with Crippen LogP contribution in [0.4, 0.5) is 0 Å². The van der Waals surface area contributed by atoms with Crippen molar-refractivity contribution in [3.8, 4) is 5.75 Å². The van der Waals surface area contributed by atoms with Gasteiger partial charge >= 0.3 is 5.97 Å². The molecule has 0 spiro atoms. The summed E-state index contributed by atoms with van der Waals surface area (Å²) in [6, 6.07) is 4.45. The van der Waals surface area contributed by atoms with E-state index >= 15 is 0 Å². The van der Waals surface area contributed by atoms with Crippen molar-refractivity contribution >= 4 is 18.2 Å². The first kappa shape index (κ1) is 16.0. The average molecular weight is 305 g/mol. The van der Waals surface area contributed by atoms with Crippen LogP contribution >= 0.6 is 0 Å². The number of methoxy groups -OCH3 is 1. The van der Waals surface area contributed by atoms with E-state index in [1.807, 2.05) is 0 Å². The van der Waals surface area contributed by atoms with Gasteiger partial charge in [-0.2, -0.15) is 0 Å². The molecule has 1 atom stereocenters. The zero-order valence-corrected chi connectivity index (χ0v) is 12.7. The van der Waals surface area contributed by atoms with Crippen molar-refractivity contribution in [1.82, 2.24) is 4.90 Å². The van der Waals surface area contributed by atoms with Crippen molar-refractivity contribution in [2.45, 2.75) is 32.4 Å². The first-order valence-electron chi connectivity index (χ1n) is 7.19. The highest BCUT2D eigenvalue weighted by Gasteiger charge is 2.37. The van der Waals surface area contributed by atoms with Gasteiger partial charge < -0.3 is 14.4 Å². The Morgan fingerprint density at radius 3 is 2.86 bits per heavy atom. The first-order valence-corrected chi connectivity index (χ1v) is 7.19. The quantitative estimate of drug-likeness (QED) is 0.589. The van der Waals surface area contributed by atoms with Crippen LogP contribution in [-0.2, 0) is 20.9 Å². The van der Waals surface area contributed by atoms with Crippen LogP contribution in [0.2, 0.25) is 0 Å². The molecule has 6 heteroatoms. The first-order chi connectivity index (χ1) is 10.6. The van der Waals surface area contributed by atoms with Crippen molar-refractivity contribution in [3.05, 3.63) is 29.3 Å². The molecule has 118 valence electrons. The molecule has 0 radical (unpaired) electrons. The van der Waals surface area contributed by atoms with Gasteiger partial charge in [-0.15, -0.1) is 0 Å². The fourth-order valence-corrected chi connectivity index (χ4v) is 2.56. The molecule has 1 aromatic rings. The number of likely N-dealkylation sites (tertiary alicyclic amines) is 1. The molecular formula is C16H19NO5. The Hall–Kier alpha value is -2.37. The number of aldehydes is 1. The number of esters is 1. The molecule has 1 fully saturated rings. The minimum Gasteiger partial charge on any atom is -0.496 e. The molecule has 0 bridgehead atoms. The van der Waals surface area contributed by atoms with Gasteiger partial charge in [0.1, 0.15) is 18.1 Å². The summed E-state index contributed by atoms with van der Waals surface area (Å²) in [5.74, 6) is 0.0586. The molecule has 0 saturated carbocycles. The van der Waals surface area contributed by atoms with Gasteiger partial charge in [0.25, 0.3) is 0 Å². The number of nitrogens with zero attached hydrogens (tertiary/aromatic N) is 1. The topological polar surface area (TPSA) is 72.9 Å². The summed E-state index contributed by atoms with van der Waals surface area (Å²) in [5.41, 5.74) is 1.24. The Balaban J connectivity index is 2.22. The summed E-state index contributed by atoms with van der Waals surface area (Å²) in [5, 5.41) is 0. The predicted molar refractivity (Wildman–Crippen MR) is 78.6 cm³/mol. The monoisotopic (exact) mass is 305 g/mol. The Bertz CT molecular complexity index is 584. The molecule has 1 saturated heterocycles. The summed E-state index contributed by atoms with van der Waals surface area (Å²) in [6.07, 6.45) is 1.53. The molecule has 1 amide bonds. The number of rotatable bonds is 6. The number of amides is 1. The lowest BCUT2D eigenvalue weighted by molar-refractivity contribution is -0.151. The smallest absolute Gasteiger partial charge is 0.328 e. The van der Waals surface area contributed by atoms with Crippen molar-refractivity contribution in [1.29, 1.82) is 0 Å². The fourth-order valence-electron chi connectivity index (χ4n) is 2.56. The van der Waals surface area contributed by atoms with Crippen molar-refractivity contribution < 1.29 is 23.9 Å². The lowest BCUT2D eigenvalue weighted by atomic mass is 10.1. The Morgan fingerprint density at radius 1 is 1.45 bits per heavy atom. The zero-order valence-electron chi connectivity index (χ0n) is 12.7. The molecule has 1 unspecified atom stereocenters. The molecule has 2 rings (SSSR count). The number of benzene rings is 1. The highest BCUT2D eigenvalue weighted by Crippen LogP contribution is 2.27. The third kappa shape index (κ3) is 3.27. The average Bonchev–Trinajstić information content (AvgIpc) is 2.89. The predicted octanol–water partition coefficient (Wildman–Crippen LogP) is 1.56. The van der Waals surface area contributed by atoms with E-state index in [2.05, 4.69) is 0 Å². The van der Waals surface area contributed by atoms with E-state index in [0.29, 0.717) is 24.2 Å². The van der Waals surface area contributed by atoms with Gasteiger partial charge in [0.05, 0.1) is 20.3 Å². The molecule has 1 aliphatic rings. The second-order valence-electron chi connectivity index (χ2n) is 5.02. The molecule has 0 aliphatic carbocycles. The lowest BCUT2D eigenvalue weighted by Crippen LogP contribution is -2.39. The van der Waals surface area contributed by atoms with Gasteiger partial charge in [0.15, 0.2) is 0 Å². The Morgan fingerprint density at radius 2 is 2.23 bits per heavy atom. The molecule has 22 heavy (non-hydrogen) atoms. The van der Waals surface area contributed by atoms with E-state index in [0.717, 1.165) is 11.8 Å². The van der Waals surface area contributed by atoms with Gasteiger partial charge in [0.2, 0.25) is 5.91 Å². The molecular weight excluding hydrogens is 286 g/mol. The third-order valence-corrected chi connectivity index (χ3v) is 3.67. The minimum atomic E-state index is -0.553. The van der Waals surface area contributed by atoms with Gasteiger partial charge in [-0.1, -0.05) is 12.1 Å². The minimum absolute atomic E-state index is 0.0837. The van der Waals surface area contributed by atoms with E-state index in [1.165, 1.54) is 12.0 Å². The van der Waals surface area contributed by atoms with E-state index in [1.54, 1.807) is 25.1 Å². The maximum absolute atomic E-state index is 12.0. The van der Waals surface area contributed by atoms with Crippen LogP contribution in [0, 0.1) is 0 Å². The molecule has 1 aliphatic heterocycles. The van der Waals surface area contributed by atoms with Gasteiger partial charge in [-0.05, 0) is 19.4 Å². The normalized spacial score (nSPS) is 17.5. The molecule has 1 heterocycles. The second kappa shape index (κ2) is 7.06. The molecule has 0 aromatic heterocycles. The maximum Gasteiger partial charge on any atom is 0.328 e. The van der Waals surface area contributed by atoms with Crippen LogP contribution < -0.4 is 4.74 Å². The van der Waals surface area contributed by atoms with Gasteiger partial charge in [-0.3, -0.25) is 9.59 Å². The lowest BCUT2D eigenvalue weighted by Gasteiger charge is -2.24. The summed E-state index contributed by atoms with van der Waals surface area (Å²) in [7, 11) is 1.50. The van der Waals surface area contributed by atoms with Crippen LogP contribution in [0.5, 0.6) is 5.75 Å². The highest BCUT2D eigenvalue weighted by atomic mass is 16.5. The summed E-state index contributed by atoms with van der Waals surface area (Å²) >= 11 is 0. The van der Waals surface area contributed by atoms with Crippen LogP contribution in [0.25, 0.3) is 0 Å². The number of hydrogen-bond acceptors (Lipinski definition) is 5. The molecule has 6 nitrogen and oxygen atoms in total. The number of hydrogen-bond donors (Lipinski definition) is 0. The van der Waals surface area contributed by atoms with E-state index in [-0.39, 0.29) is 25.0 Å². The summed E-state index contributed by atoms with van der Waals surface area (Å²) in [4.78, 5) is 36.3. The standard InChI is InChI=1S/C16H19NO5/c1-3-22-16(20)13-6-7-15(19)17(13)9-12-5-4-11(10-18)8-14(12)21-2/h4-5,8,10,13H,3,6-7,9H2,1-2H3. The number of carbonyl (C=O) groups excluding carboxylic acids is 3. The van der Waals surface area contributed by atoms with Crippen LogP contribution in [0.3, 0.4) is 0 Å². The van der Waals surface area contributed by atoms with Crippen LogP contribution in [0.15, 0.2) is 18.2 Å². The van der Waals surface area contributed by atoms with Crippen molar-refractivity contribution in [3.63, 3.8) is 0 Å². The van der Waals surface area contributed by atoms with E-state index in [9.17, 15) is 14.4 Å². The molecule has 0 N–H and O–H groups in total. The largest absolute Gasteiger partial charge is 0.496 e. The Kier molecular flexibility index (Phi) is 5.14. The van der Waals surface area contributed by atoms with Crippen molar-refractivity contribution in [2.24, 2.45) is 0 Å². The Labute approximate surface area is 129 Å². The number of ether oxygens (including phenoxy) is 2. The SMILES string of the molecule is CCOC(=O)C1CCC(=O)N1Cc1ccc(C=O)cc1OC. The van der Waals surface area contributed by atoms with Crippen molar-refractivity contribution in [2.75, 3.05) is 13.7 Å². The third-order valence-electron chi connectivity index (χ3n) is 3.67. The highest BCUT2D eigenvalue weighted by molar-refractivity contribution is 5.88. The zero-order chi connectivity index (χ0) is 16.1.